The van der Waals surface area contributed by atoms with E-state index in [1.54, 1.807) is 32.2 Å². The molecule has 2 aliphatic rings. The minimum absolute atomic E-state index is 0.180. The molecule has 2 unspecified atom stereocenters. The number of aromatic nitrogens is 5. The van der Waals surface area contributed by atoms with E-state index in [0.717, 1.165) is 49.2 Å². The highest BCUT2D eigenvalue weighted by Gasteiger charge is 2.48. The molecule has 5 rings (SSSR count). The Morgan fingerprint density at radius 2 is 2.08 bits per heavy atom. The summed E-state index contributed by atoms with van der Waals surface area (Å²) in [4.78, 5) is 12.6. The van der Waals surface area contributed by atoms with Crippen LogP contribution in [-0.4, -0.2) is 44.4 Å². The first-order chi connectivity index (χ1) is 18.5. The largest absolute Gasteiger partial charge is 0.423 e. The van der Waals surface area contributed by atoms with Gasteiger partial charge in [0.15, 0.2) is 0 Å². The normalized spacial score (nSPS) is 26.1. The van der Waals surface area contributed by atoms with E-state index in [9.17, 15) is 4.39 Å². The second-order valence-corrected chi connectivity index (χ2v) is 9.83. The number of ether oxygens (including phenoxy) is 1. The Labute approximate surface area is 221 Å². The number of nitrogens with one attached hydrogen (secondary N) is 3. The van der Waals surface area contributed by atoms with Crippen LogP contribution in [0.3, 0.4) is 0 Å². The molecule has 3 aromatic rings. The lowest BCUT2D eigenvalue weighted by atomic mass is 9.85. The van der Waals surface area contributed by atoms with Gasteiger partial charge in [-0.25, -0.2) is 14.4 Å². The Balaban J connectivity index is 1.56. The Hall–Kier alpha value is -3.63. The molecule has 0 aromatic carbocycles. The van der Waals surface area contributed by atoms with Gasteiger partial charge < -0.3 is 19.5 Å². The molecule has 200 valence electrons. The number of imidazole rings is 1. The van der Waals surface area contributed by atoms with Crippen LogP contribution < -0.4 is 10.6 Å². The average molecular weight is 520 g/mol. The number of aromatic amines is 1. The smallest absolute Gasteiger partial charge is 0.241 e. The predicted molar refractivity (Wildman–Crippen MR) is 141 cm³/mol. The van der Waals surface area contributed by atoms with Crippen LogP contribution in [0.5, 0.6) is 0 Å². The van der Waals surface area contributed by atoms with Crippen LogP contribution in [0.2, 0.25) is 0 Å². The van der Waals surface area contributed by atoms with Crippen molar-refractivity contribution in [3.63, 3.8) is 0 Å². The lowest BCUT2D eigenvalue weighted by Gasteiger charge is -2.42. The summed E-state index contributed by atoms with van der Waals surface area (Å²) in [6, 6.07) is 2.88. The van der Waals surface area contributed by atoms with Gasteiger partial charge >= 0.3 is 0 Å². The van der Waals surface area contributed by atoms with Crippen molar-refractivity contribution < 1.29 is 13.5 Å². The molecule has 0 radical (unpaired) electrons. The van der Waals surface area contributed by atoms with Gasteiger partial charge in [-0.3, -0.25) is 5.32 Å². The molecule has 0 saturated carbocycles. The summed E-state index contributed by atoms with van der Waals surface area (Å²) < 4.78 is 26.2. The molecular weight excluding hydrogens is 485 g/mol. The van der Waals surface area contributed by atoms with Crippen LogP contribution in [0.1, 0.15) is 61.4 Å². The van der Waals surface area contributed by atoms with Crippen LogP contribution >= 0.6 is 0 Å². The second kappa shape index (κ2) is 11.4. The van der Waals surface area contributed by atoms with Crippen molar-refractivity contribution in [2.75, 3.05) is 13.2 Å². The van der Waals surface area contributed by atoms with E-state index < -0.39 is 5.54 Å². The molecule has 5 heterocycles. The monoisotopic (exact) mass is 519 g/mol. The summed E-state index contributed by atoms with van der Waals surface area (Å²) in [6.45, 7) is 8.40. The van der Waals surface area contributed by atoms with Gasteiger partial charge in [0, 0.05) is 20.1 Å². The molecule has 0 bridgehead atoms. The summed E-state index contributed by atoms with van der Waals surface area (Å²) in [5.74, 6) is 1.39. The third-order valence-electron chi connectivity index (χ3n) is 7.13. The average Bonchev–Trinajstić information content (AvgIpc) is 3.61. The number of halogens is 1. The highest BCUT2D eigenvalue weighted by molar-refractivity contribution is 5.53. The molecule has 0 spiro atoms. The number of hydrogen-bond acceptors (Lipinski definition) is 8. The van der Waals surface area contributed by atoms with E-state index in [1.807, 2.05) is 12.3 Å². The van der Waals surface area contributed by atoms with Gasteiger partial charge in [0.2, 0.25) is 11.8 Å². The predicted octanol–water partition coefficient (Wildman–Crippen LogP) is 4.72. The van der Waals surface area contributed by atoms with Crippen molar-refractivity contribution in [2.45, 2.75) is 63.6 Å². The van der Waals surface area contributed by atoms with Crippen molar-refractivity contribution in [3.8, 4) is 11.4 Å². The van der Waals surface area contributed by atoms with E-state index in [4.69, 9.17) is 14.1 Å². The SMILES string of the molecule is C=C/C=C\C1=C\NCC(c2nnc(C)o2)(C2CCCCO2)N[C@@H](c2ncc(-c3ccc(F)c(C)n3)[nH]2)CC1. The quantitative estimate of drug-likeness (QED) is 0.401. The molecule has 0 amide bonds. The first-order valence-electron chi connectivity index (χ1n) is 13.1. The van der Waals surface area contributed by atoms with Crippen LogP contribution in [0.15, 0.2) is 59.3 Å². The van der Waals surface area contributed by atoms with Gasteiger partial charge in [-0.05, 0) is 62.9 Å². The third-order valence-corrected chi connectivity index (χ3v) is 7.13. The third kappa shape index (κ3) is 5.46. The summed E-state index contributed by atoms with van der Waals surface area (Å²) in [5.41, 5.74) is 2.03. The minimum Gasteiger partial charge on any atom is -0.423 e. The number of hydrogen-bond donors (Lipinski definition) is 3. The van der Waals surface area contributed by atoms with Gasteiger partial charge in [0.25, 0.3) is 0 Å². The number of rotatable bonds is 6. The highest BCUT2D eigenvalue weighted by Crippen LogP contribution is 2.36. The summed E-state index contributed by atoms with van der Waals surface area (Å²) in [7, 11) is 0. The van der Waals surface area contributed by atoms with E-state index in [-0.39, 0.29) is 18.0 Å². The molecular formula is C28H34FN7O2. The number of nitrogens with zero attached hydrogens (tertiary/aromatic N) is 4. The van der Waals surface area contributed by atoms with Crippen LogP contribution in [0.4, 0.5) is 4.39 Å². The first kappa shape index (κ1) is 26.0. The molecule has 1 fully saturated rings. The van der Waals surface area contributed by atoms with Crippen molar-refractivity contribution >= 4 is 0 Å². The van der Waals surface area contributed by atoms with Gasteiger partial charge in [-0.15, -0.1) is 10.2 Å². The van der Waals surface area contributed by atoms with E-state index in [1.165, 1.54) is 6.07 Å². The van der Waals surface area contributed by atoms with E-state index in [2.05, 4.69) is 43.5 Å². The number of allylic oxidation sites excluding steroid dienone is 4. The number of H-pyrrole nitrogens is 1. The van der Waals surface area contributed by atoms with Crippen LogP contribution in [-0.2, 0) is 10.3 Å². The summed E-state index contributed by atoms with van der Waals surface area (Å²) >= 11 is 0. The summed E-state index contributed by atoms with van der Waals surface area (Å²) in [6.07, 6.45) is 13.8. The fourth-order valence-electron chi connectivity index (χ4n) is 5.11. The maximum Gasteiger partial charge on any atom is 0.241 e. The van der Waals surface area contributed by atoms with Gasteiger partial charge in [0.05, 0.1) is 35.4 Å². The molecule has 3 N–H and O–H groups in total. The molecule has 3 aromatic heterocycles. The van der Waals surface area contributed by atoms with Crippen molar-refractivity contribution in [1.29, 1.82) is 0 Å². The Bertz CT molecular complexity index is 1320. The zero-order valence-corrected chi connectivity index (χ0v) is 21.8. The maximum atomic E-state index is 13.8. The first-order valence-corrected chi connectivity index (χ1v) is 13.1. The Morgan fingerprint density at radius 3 is 2.82 bits per heavy atom. The zero-order chi connectivity index (χ0) is 26.5. The lowest BCUT2D eigenvalue weighted by molar-refractivity contribution is -0.0601. The second-order valence-electron chi connectivity index (χ2n) is 9.83. The number of pyridine rings is 1. The molecule has 9 nitrogen and oxygen atoms in total. The Kier molecular flexibility index (Phi) is 7.80. The van der Waals surface area contributed by atoms with Crippen LogP contribution in [0.25, 0.3) is 11.4 Å². The van der Waals surface area contributed by atoms with Gasteiger partial charge in [-0.1, -0.05) is 24.8 Å². The Morgan fingerprint density at radius 1 is 1.18 bits per heavy atom. The molecule has 10 heteroatoms. The minimum atomic E-state index is -0.794. The fraction of sp³-hybridized carbons (Fsp3) is 0.429. The van der Waals surface area contributed by atoms with E-state index in [0.29, 0.717) is 36.3 Å². The maximum absolute atomic E-state index is 13.8. The van der Waals surface area contributed by atoms with Gasteiger partial charge in [0.1, 0.15) is 17.2 Å². The number of aryl methyl sites for hydroxylation is 2. The van der Waals surface area contributed by atoms with Crippen molar-refractivity contribution in [3.05, 3.63) is 84.0 Å². The fourth-order valence-corrected chi connectivity index (χ4v) is 5.11. The topological polar surface area (TPSA) is 114 Å². The van der Waals surface area contributed by atoms with Crippen molar-refractivity contribution in [2.24, 2.45) is 0 Å². The molecule has 0 aliphatic carbocycles. The van der Waals surface area contributed by atoms with Gasteiger partial charge in [-0.2, -0.15) is 0 Å². The lowest BCUT2D eigenvalue weighted by Crippen LogP contribution is -2.59. The standard InChI is InChI=1S/C28H34FN7O2/c1-4-5-8-20-10-12-23(26-31-16-24(33-26)22-13-11-21(29)18(2)32-22)34-28(17-30-15-20,25-9-6-7-14-37-25)27-36-35-19(3)38-27/h4-5,8,11,13,15-16,23,25,30,34H,1,6-7,9-10,12,14,17H2,2-3H3,(H,31,33)/b8-5-,20-15-/t23-,25?,28?/m1/s1. The zero-order valence-electron chi connectivity index (χ0n) is 21.8. The van der Waals surface area contributed by atoms with Crippen molar-refractivity contribution in [1.82, 2.24) is 35.8 Å². The highest BCUT2D eigenvalue weighted by atomic mass is 19.1. The molecule has 3 atom stereocenters. The van der Waals surface area contributed by atoms with Crippen LogP contribution in [0, 0.1) is 19.7 Å². The molecule has 2 aliphatic heterocycles. The summed E-state index contributed by atoms with van der Waals surface area (Å²) in [5, 5.41) is 16.0. The molecule has 1 saturated heterocycles. The molecule has 38 heavy (non-hydrogen) atoms. The van der Waals surface area contributed by atoms with E-state index >= 15 is 0 Å².